The standard InChI is InChI=1S/C12H22.C6H13NO2/c1-3-7-11(8-4-1)12-9-5-2-6-10-12;1-2-3-4-5(7)6(8)9/h11-12H,1-10H2;5H,2-4,7H2,1H3,(H,8,9). The molecule has 0 heterocycles. The van der Waals surface area contributed by atoms with Gasteiger partial charge in [-0.15, -0.1) is 0 Å². The van der Waals surface area contributed by atoms with Crippen molar-refractivity contribution in [2.75, 3.05) is 0 Å². The molecule has 0 bridgehead atoms. The van der Waals surface area contributed by atoms with Crippen molar-refractivity contribution in [3.05, 3.63) is 0 Å². The van der Waals surface area contributed by atoms with Crippen LogP contribution in [0.1, 0.15) is 90.4 Å². The van der Waals surface area contributed by atoms with Crippen LogP contribution in [0.5, 0.6) is 0 Å². The van der Waals surface area contributed by atoms with E-state index in [0.717, 1.165) is 24.7 Å². The Morgan fingerprint density at radius 3 is 1.76 bits per heavy atom. The number of carbonyl (C=O) groups is 1. The van der Waals surface area contributed by atoms with E-state index in [2.05, 4.69) is 0 Å². The summed E-state index contributed by atoms with van der Waals surface area (Å²) in [4.78, 5) is 10.1. The third-order valence-corrected chi connectivity index (χ3v) is 5.15. The van der Waals surface area contributed by atoms with Crippen LogP contribution in [0.3, 0.4) is 0 Å². The molecule has 2 saturated carbocycles. The van der Waals surface area contributed by atoms with Gasteiger partial charge in [-0.2, -0.15) is 0 Å². The minimum absolute atomic E-state index is 0.589. The molecular weight excluding hydrogens is 262 g/mol. The van der Waals surface area contributed by atoms with Crippen LogP contribution in [0.25, 0.3) is 0 Å². The lowest BCUT2D eigenvalue weighted by Crippen LogP contribution is -2.29. The van der Waals surface area contributed by atoms with E-state index in [1.54, 1.807) is 25.7 Å². The Bertz CT molecular complexity index is 252. The molecule has 0 aliphatic heterocycles. The predicted octanol–water partition coefficient (Wildman–Crippen LogP) is 4.74. The molecule has 2 aliphatic rings. The van der Waals surface area contributed by atoms with Gasteiger partial charge in [-0.05, 0) is 18.3 Å². The number of carboxylic acid groups (broad SMARTS) is 1. The van der Waals surface area contributed by atoms with E-state index >= 15 is 0 Å². The van der Waals surface area contributed by atoms with Crippen LogP contribution in [0.15, 0.2) is 0 Å². The van der Waals surface area contributed by atoms with Crippen LogP contribution in [-0.2, 0) is 4.79 Å². The Hall–Kier alpha value is -0.570. The van der Waals surface area contributed by atoms with Crippen LogP contribution < -0.4 is 5.73 Å². The fraction of sp³-hybridized carbons (Fsp3) is 0.944. The quantitative estimate of drug-likeness (QED) is 0.770. The molecular formula is C18H35NO2. The summed E-state index contributed by atoms with van der Waals surface area (Å²) in [5, 5.41) is 8.28. The highest BCUT2D eigenvalue weighted by molar-refractivity contribution is 5.72. The van der Waals surface area contributed by atoms with Crippen molar-refractivity contribution in [2.45, 2.75) is 96.4 Å². The predicted molar refractivity (Wildman–Crippen MR) is 88.3 cm³/mol. The van der Waals surface area contributed by atoms with E-state index in [0.29, 0.717) is 6.42 Å². The lowest BCUT2D eigenvalue weighted by atomic mass is 9.73. The summed E-state index contributed by atoms with van der Waals surface area (Å²) >= 11 is 0. The summed E-state index contributed by atoms with van der Waals surface area (Å²) in [7, 11) is 0. The molecule has 0 radical (unpaired) electrons. The van der Waals surface area contributed by atoms with Gasteiger partial charge in [0.25, 0.3) is 0 Å². The second-order valence-corrected chi connectivity index (χ2v) is 6.88. The van der Waals surface area contributed by atoms with E-state index in [1.807, 2.05) is 6.92 Å². The van der Waals surface area contributed by atoms with Crippen molar-refractivity contribution in [1.29, 1.82) is 0 Å². The second-order valence-electron chi connectivity index (χ2n) is 6.88. The van der Waals surface area contributed by atoms with Crippen LogP contribution in [0, 0.1) is 11.8 Å². The topological polar surface area (TPSA) is 63.3 Å². The number of unbranched alkanes of at least 4 members (excludes halogenated alkanes) is 1. The minimum Gasteiger partial charge on any atom is -0.480 e. The zero-order chi connectivity index (χ0) is 15.5. The molecule has 2 rings (SSSR count). The van der Waals surface area contributed by atoms with E-state index in [1.165, 1.54) is 38.5 Å². The second kappa shape index (κ2) is 11.1. The van der Waals surface area contributed by atoms with Gasteiger partial charge in [0, 0.05) is 0 Å². The maximum atomic E-state index is 10.1. The average molecular weight is 297 g/mol. The highest BCUT2D eigenvalue weighted by Crippen LogP contribution is 2.37. The van der Waals surface area contributed by atoms with Crippen LogP contribution >= 0.6 is 0 Å². The third-order valence-electron chi connectivity index (χ3n) is 5.15. The fourth-order valence-corrected chi connectivity index (χ4v) is 3.76. The third kappa shape index (κ3) is 7.85. The first-order valence-corrected chi connectivity index (χ1v) is 9.13. The highest BCUT2D eigenvalue weighted by Gasteiger charge is 2.24. The van der Waals surface area contributed by atoms with Gasteiger partial charge in [0.1, 0.15) is 6.04 Å². The number of rotatable bonds is 5. The van der Waals surface area contributed by atoms with Crippen LogP contribution in [0.4, 0.5) is 0 Å². The monoisotopic (exact) mass is 297 g/mol. The smallest absolute Gasteiger partial charge is 0.320 e. The molecule has 0 spiro atoms. The number of nitrogens with two attached hydrogens (primary N) is 1. The average Bonchev–Trinajstić information content (AvgIpc) is 2.54. The van der Waals surface area contributed by atoms with Gasteiger partial charge in [0.2, 0.25) is 0 Å². The summed E-state index contributed by atoms with van der Waals surface area (Å²) in [5.41, 5.74) is 5.20. The Morgan fingerprint density at radius 1 is 1.00 bits per heavy atom. The maximum Gasteiger partial charge on any atom is 0.320 e. The zero-order valence-electron chi connectivity index (χ0n) is 13.9. The number of aliphatic carboxylic acids is 1. The summed E-state index contributed by atoms with van der Waals surface area (Å²) in [6, 6.07) is -0.662. The Balaban J connectivity index is 0.000000222. The van der Waals surface area contributed by atoms with Crippen molar-refractivity contribution in [3.8, 4) is 0 Å². The van der Waals surface area contributed by atoms with Gasteiger partial charge in [-0.1, -0.05) is 84.0 Å². The van der Waals surface area contributed by atoms with Gasteiger partial charge in [0.05, 0.1) is 0 Å². The molecule has 0 aromatic rings. The summed E-state index contributed by atoms with van der Waals surface area (Å²) in [6.45, 7) is 2.01. The van der Waals surface area contributed by atoms with Crippen LogP contribution in [0.2, 0.25) is 0 Å². The van der Waals surface area contributed by atoms with Crippen LogP contribution in [-0.4, -0.2) is 17.1 Å². The number of carboxylic acids is 1. The molecule has 124 valence electrons. The van der Waals surface area contributed by atoms with Gasteiger partial charge in [0.15, 0.2) is 0 Å². The lowest BCUT2D eigenvalue weighted by Gasteiger charge is -2.32. The lowest BCUT2D eigenvalue weighted by molar-refractivity contribution is -0.138. The molecule has 0 aromatic carbocycles. The van der Waals surface area contributed by atoms with E-state index in [9.17, 15) is 4.79 Å². The van der Waals surface area contributed by atoms with Gasteiger partial charge in [-0.3, -0.25) is 4.79 Å². The summed E-state index contributed by atoms with van der Waals surface area (Å²) in [5.74, 6) is 1.38. The first-order chi connectivity index (χ1) is 10.1. The van der Waals surface area contributed by atoms with Crippen molar-refractivity contribution in [2.24, 2.45) is 17.6 Å². The molecule has 0 amide bonds. The molecule has 2 aliphatic carbocycles. The summed E-state index contributed by atoms with van der Waals surface area (Å²) in [6.07, 6.45) is 17.9. The molecule has 0 aromatic heterocycles. The van der Waals surface area contributed by atoms with Crippen molar-refractivity contribution in [1.82, 2.24) is 0 Å². The van der Waals surface area contributed by atoms with E-state index in [4.69, 9.17) is 10.8 Å². The SMILES string of the molecule is C1CCC(C2CCCCC2)CC1.CCCCC(N)C(=O)O. The minimum atomic E-state index is -0.900. The Kier molecular flexibility index (Phi) is 9.73. The number of hydrogen-bond acceptors (Lipinski definition) is 2. The highest BCUT2D eigenvalue weighted by atomic mass is 16.4. The molecule has 3 N–H and O–H groups in total. The summed E-state index contributed by atoms with van der Waals surface area (Å²) < 4.78 is 0. The molecule has 1 atom stereocenters. The molecule has 0 saturated heterocycles. The van der Waals surface area contributed by atoms with Crippen molar-refractivity contribution in [3.63, 3.8) is 0 Å². The Labute approximate surface area is 130 Å². The normalized spacial score (nSPS) is 22.2. The van der Waals surface area contributed by atoms with Crippen molar-refractivity contribution >= 4 is 5.97 Å². The Morgan fingerprint density at radius 2 is 1.43 bits per heavy atom. The molecule has 3 heteroatoms. The molecule has 3 nitrogen and oxygen atoms in total. The van der Waals surface area contributed by atoms with Gasteiger partial charge < -0.3 is 10.8 Å². The molecule has 1 unspecified atom stereocenters. The van der Waals surface area contributed by atoms with Gasteiger partial charge >= 0.3 is 5.97 Å². The number of hydrogen-bond donors (Lipinski definition) is 2. The largest absolute Gasteiger partial charge is 0.480 e. The maximum absolute atomic E-state index is 10.1. The fourth-order valence-electron chi connectivity index (χ4n) is 3.76. The van der Waals surface area contributed by atoms with Crippen molar-refractivity contribution < 1.29 is 9.90 Å². The van der Waals surface area contributed by atoms with E-state index < -0.39 is 12.0 Å². The van der Waals surface area contributed by atoms with Gasteiger partial charge in [-0.25, -0.2) is 0 Å². The first-order valence-electron chi connectivity index (χ1n) is 9.13. The molecule has 2 fully saturated rings. The van der Waals surface area contributed by atoms with E-state index in [-0.39, 0.29) is 0 Å². The molecule has 21 heavy (non-hydrogen) atoms. The zero-order valence-corrected chi connectivity index (χ0v) is 13.9. The first kappa shape index (κ1) is 18.5.